The van der Waals surface area contributed by atoms with Gasteiger partial charge in [0.25, 0.3) is 0 Å². The Morgan fingerprint density at radius 2 is 2.18 bits per heavy atom. The quantitative estimate of drug-likeness (QED) is 0.392. The standard InChI is InChI=1S/C11H12/c1-2-6-11-7-3-10(4-8-11)5-9-11/h1,3-4,7-8,10H,5-6,9H2. The third-order valence-corrected chi connectivity index (χ3v) is 2.73. The molecule has 0 spiro atoms. The molecule has 0 heterocycles. The molecule has 0 amide bonds. The Kier molecular flexibility index (Phi) is 1.39. The monoisotopic (exact) mass is 144 g/mol. The number of allylic oxidation sites excluding steroid dienone is 4. The van der Waals surface area contributed by atoms with Crippen LogP contribution in [0.2, 0.25) is 0 Å². The van der Waals surface area contributed by atoms with Gasteiger partial charge in [-0.2, -0.15) is 0 Å². The van der Waals surface area contributed by atoms with Crippen LogP contribution in [-0.2, 0) is 0 Å². The average molecular weight is 144 g/mol. The van der Waals surface area contributed by atoms with E-state index in [0.29, 0.717) is 5.92 Å². The van der Waals surface area contributed by atoms with E-state index in [1.807, 2.05) is 0 Å². The van der Waals surface area contributed by atoms with Crippen LogP contribution < -0.4 is 0 Å². The first-order valence-corrected chi connectivity index (χ1v) is 4.17. The van der Waals surface area contributed by atoms with Crippen LogP contribution in [0.5, 0.6) is 0 Å². The molecule has 0 saturated carbocycles. The normalized spacial score (nSPS) is 39.0. The van der Waals surface area contributed by atoms with Gasteiger partial charge < -0.3 is 0 Å². The van der Waals surface area contributed by atoms with Crippen LogP contribution >= 0.6 is 0 Å². The van der Waals surface area contributed by atoms with Gasteiger partial charge in [0, 0.05) is 11.8 Å². The Bertz CT molecular complexity index is 236. The summed E-state index contributed by atoms with van der Waals surface area (Å²) < 4.78 is 0. The molecule has 11 heavy (non-hydrogen) atoms. The molecular formula is C11H12. The van der Waals surface area contributed by atoms with Crippen molar-refractivity contribution < 1.29 is 0 Å². The van der Waals surface area contributed by atoms with Gasteiger partial charge in [0.2, 0.25) is 0 Å². The minimum absolute atomic E-state index is 0.240. The van der Waals surface area contributed by atoms with Crippen LogP contribution in [0, 0.1) is 23.7 Å². The maximum Gasteiger partial charge on any atom is 0.0212 e. The Labute approximate surface area is 68.0 Å². The van der Waals surface area contributed by atoms with E-state index in [4.69, 9.17) is 6.42 Å². The van der Waals surface area contributed by atoms with Gasteiger partial charge in [-0.1, -0.05) is 24.3 Å². The van der Waals surface area contributed by atoms with Crippen molar-refractivity contribution in [2.45, 2.75) is 19.3 Å². The predicted octanol–water partition coefficient (Wildman–Crippen LogP) is 2.53. The van der Waals surface area contributed by atoms with Crippen molar-refractivity contribution >= 4 is 0 Å². The smallest absolute Gasteiger partial charge is 0.0212 e. The fourth-order valence-corrected chi connectivity index (χ4v) is 1.94. The SMILES string of the molecule is C#CCC12C=CC(C=C1)CC2. The zero-order valence-corrected chi connectivity index (χ0v) is 6.59. The molecule has 0 heteroatoms. The highest BCUT2D eigenvalue weighted by Gasteiger charge is 2.30. The van der Waals surface area contributed by atoms with Gasteiger partial charge in [-0.05, 0) is 18.8 Å². The zero-order valence-electron chi connectivity index (χ0n) is 6.59. The Morgan fingerprint density at radius 3 is 2.64 bits per heavy atom. The number of fused-ring (bicyclic) bond motifs is 1. The Hall–Kier alpha value is -0.960. The Morgan fingerprint density at radius 1 is 1.45 bits per heavy atom. The molecule has 0 N–H and O–H groups in total. The van der Waals surface area contributed by atoms with E-state index in [1.54, 1.807) is 0 Å². The molecule has 0 unspecified atom stereocenters. The highest BCUT2D eigenvalue weighted by molar-refractivity contribution is 5.26. The summed E-state index contributed by atoms with van der Waals surface area (Å²) in [6, 6.07) is 0. The molecule has 0 fully saturated rings. The lowest BCUT2D eigenvalue weighted by Gasteiger charge is -2.35. The predicted molar refractivity (Wildman–Crippen MR) is 46.9 cm³/mol. The van der Waals surface area contributed by atoms with Crippen molar-refractivity contribution in [3.63, 3.8) is 0 Å². The highest BCUT2D eigenvalue weighted by Crippen LogP contribution is 2.42. The summed E-state index contributed by atoms with van der Waals surface area (Å²) in [6.45, 7) is 0. The molecule has 0 aromatic heterocycles. The molecule has 3 aliphatic carbocycles. The van der Waals surface area contributed by atoms with Gasteiger partial charge in [-0.15, -0.1) is 12.3 Å². The van der Waals surface area contributed by atoms with Crippen LogP contribution in [0.4, 0.5) is 0 Å². The molecule has 2 bridgehead atoms. The molecule has 56 valence electrons. The minimum atomic E-state index is 0.240. The first kappa shape index (κ1) is 6.73. The van der Waals surface area contributed by atoms with E-state index < -0.39 is 0 Å². The van der Waals surface area contributed by atoms with Crippen LogP contribution in [0.3, 0.4) is 0 Å². The van der Waals surface area contributed by atoms with Gasteiger partial charge in [0.1, 0.15) is 0 Å². The van der Waals surface area contributed by atoms with E-state index in [2.05, 4.69) is 30.2 Å². The van der Waals surface area contributed by atoms with Crippen LogP contribution in [0.1, 0.15) is 19.3 Å². The molecule has 0 aromatic rings. The first-order chi connectivity index (χ1) is 5.35. The second-order valence-electron chi connectivity index (χ2n) is 3.53. The largest absolute Gasteiger partial charge is 0.120 e. The van der Waals surface area contributed by atoms with E-state index >= 15 is 0 Å². The summed E-state index contributed by atoms with van der Waals surface area (Å²) >= 11 is 0. The van der Waals surface area contributed by atoms with E-state index in [0.717, 1.165) is 6.42 Å². The van der Waals surface area contributed by atoms with Crippen molar-refractivity contribution in [3.05, 3.63) is 24.3 Å². The maximum absolute atomic E-state index is 5.32. The number of rotatable bonds is 1. The van der Waals surface area contributed by atoms with Crippen LogP contribution in [-0.4, -0.2) is 0 Å². The third-order valence-electron chi connectivity index (χ3n) is 2.73. The van der Waals surface area contributed by atoms with Gasteiger partial charge in [-0.25, -0.2) is 0 Å². The summed E-state index contributed by atoms with van der Waals surface area (Å²) in [5.41, 5.74) is 0.240. The molecule has 0 aromatic carbocycles. The van der Waals surface area contributed by atoms with E-state index in [9.17, 15) is 0 Å². The highest BCUT2D eigenvalue weighted by atomic mass is 14.3. The maximum atomic E-state index is 5.32. The lowest BCUT2D eigenvalue weighted by Crippen LogP contribution is -2.24. The summed E-state index contributed by atoms with van der Waals surface area (Å²) in [4.78, 5) is 0. The second kappa shape index (κ2) is 2.27. The van der Waals surface area contributed by atoms with Crippen molar-refractivity contribution in [2.24, 2.45) is 11.3 Å². The van der Waals surface area contributed by atoms with Crippen LogP contribution in [0.15, 0.2) is 24.3 Å². The molecular weight excluding hydrogens is 132 g/mol. The van der Waals surface area contributed by atoms with Crippen molar-refractivity contribution in [2.75, 3.05) is 0 Å². The molecule has 0 radical (unpaired) electrons. The molecule has 0 aliphatic heterocycles. The molecule has 0 nitrogen and oxygen atoms in total. The topological polar surface area (TPSA) is 0 Å². The number of terminal acetylenes is 1. The van der Waals surface area contributed by atoms with E-state index in [-0.39, 0.29) is 5.41 Å². The zero-order chi connectivity index (χ0) is 7.73. The summed E-state index contributed by atoms with van der Waals surface area (Å²) in [6.07, 6.45) is 17.9. The number of hydrogen-bond donors (Lipinski definition) is 0. The summed E-state index contributed by atoms with van der Waals surface area (Å²) in [5, 5.41) is 0. The van der Waals surface area contributed by atoms with Crippen molar-refractivity contribution in [1.82, 2.24) is 0 Å². The van der Waals surface area contributed by atoms with Crippen LogP contribution in [0.25, 0.3) is 0 Å². The lowest BCUT2D eigenvalue weighted by atomic mass is 9.69. The average Bonchev–Trinajstić information content (AvgIpc) is 2.07. The third kappa shape index (κ3) is 1.01. The van der Waals surface area contributed by atoms with Crippen molar-refractivity contribution in [3.8, 4) is 12.3 Å². The second-order valence-corrected chi connectivity index (χ2v) is 3.53. The number of hydrogen-bond acceptors (Lipinski definition) is 0. The summed E-state index contributed by atoms with van der Waals surface area (Å²) in [5.74, 6) is 3.45. The molecule has 0 saturated heterocycles. The fourth-order valence-electron chi connectivity index (χ4n) is 1.94. The molecule has 3 aliphatic rings. The van der Waals surface area contributed by atoms with E-state index in [1.165, 1.54) is 12.8 Å². The minimum Gasteiger partial charge on any atom is -0.120 e. The van der Waals surface area contributed by atoms with Gasteiger partial charge >= 0.3 is 0 Å². The van der Waals surface area contributed by atoms with Gasteiger partial charge in [0.05, 0.1) is 0 Å². The molecule has 3 rings (SSSR count). The van der Waals surface area contributed by atoms with Gasteiger partial charge in [0.15, 0.2) is 0 Å². The lowest BCUT2D eigenvalue weighted by molar-refractivity contribution is 0.375. The summed E-state index contributed by atoms with van der Waals surface area (Å²) in [7, 11) is 0. The van der Waals surface area contributed by atoms with Gasteiger partial charge in [-0.3, -0.25) is 0 Å². The first-order valence-electron chi connectivity index (χ1n) is 4.17. The fraction of sp³-hybridized carbons (Fsp3) is 0.455. The van der Waals surface area contributed by atoms with Crippen molar-refractivity contribution in [1.29, 1.82) is 0 Å². The Balaban J connectivity index is 2.26. The molecule has 0 atom stereocenters.